The fraction of sp³-hybridized carbons (Fsp3) is 0.696. The maximum Gasteiger partial charge on any atom is 0.307 e. The molecule has 0 bridgehead atoms. The number of ketones is 1. The molecule has 0 heterocycles. The summed E-state index contributed by atoms with van der Waals surface area (Å²) in [5.74, 6) is -3.01. The number of carbonyl (C=O) groups excluding carboxylic acids is 1. The number of alkyl halides is 2. The van der Waals surface area contributed by atoms with E-state index in [1.807, 2.05) is 12.1 Å². The van der Waals surface area contributed by atoms with Crippen LogP contribution in [0.15, 0.2) is 24.3 Å². The molecule has 1 aliphatic rings. The van der Waals surface area contributed by atoms with Crippen LogP contribution in [0.4, 0.5) is 8.78 Å². The van der Waals surface area contributed by atoms with Crippen LogP contribution in [0.3, 0.4) is 0 Å². The third-order valence-corrected chi connectivity index (χ3v) is 5.86. The second kappa shape index (κ2) is 10.2. The van der Waals surface area contributed by atoms with Crippen LogP contribution in [0.2, 0.25) is 0 Å². The number of halogens is 2. The summed E-state index contributed by atoms with van der Waals surface area (Å²) >= 11 is 0. The number of rotatable bonds is 10. The number of carbonyl (C=O) groups is 1. The van der Waals surface area contributed by atoms with Crippen molar-refractivity contribution < 1.29 is 13.6 Å². The minimum Gasteiger partial charge on any atom is -0.287 e. The zero-order valence-electron chi connectivity index (χ0n) is 16.4. The summed E-state index contributed by atoms with van der Waals surface area (Å²) in [4.78, 5) is 11.6. The summed E-state index contributed by atoms with van der Waals surface area (Å²) < 4.78 is 26.3. The fourth-order valence-electron chi connectivity index (χ4n) is 4.16. The van der Waals surface area contributed by atoms with Gasteiger partial charge in [0.1, 0.15) is 0 Å². The SMILES string of the molecule is CCCCCCCCC1CCC(c2ccc(C(=O)C(C)(F)F)cc2)CC1. The highest BCUT2D eigenvalue weighted by Crippen LogP contribution is 2.38. The molecule has 0 spiro atoms. The van der Waals surface area contributed by atoms with Crippen molar-refractivity contribution in [2.45, 2.75) is 96.3 Å². The van der Waals surface area contributed by atoms with Crippen LogP contribution in [0, 0.1) is 5.92 Å². The summed E-state index contributed by atoms with van der Waals surface area (Å²) in [6, 6.07) is 6.88. The van der Waals surface area contributed by atoms with E-state index >= 15 is 0 Å². The molecular formula is C23H34F2O. The largest absolute Gasteiger partial charge is 0.307 e. The number of benzene rings is 1. The molecule has 2 rings (SSSR count). The van der Waals surface area contributed by atoms with Gasteiger partial charge in [-0.25, -0.2) is 0 Å². The van der Waals surface area contributed by atoms with Crippen molar-refractivity contribution >= 4 is 5.78 Å². The van der Waals surface area contributed by atoms with Crippen molar-refractivity contribution in [1.82, 2.24) is 0 Å². The van der Waals surface area contributed by atoms with Gasteiger partial charge in [0.15, 0.2) is 0 Å². The minimum absolute atomic E-state index is 0.109. The van der Waals surface area contributed by atoms with Crippen molar-refractivity contribution in [3.63, 3.8) is 0 Å². The summed E-state index contributed by atoms with van der Waals surface area (Å²) in [6.07, 6.45) is 14.4. The minimum atomic E-state index is -3.30. The van der Waals surface area contributed by atoms with Gasteiger partial charge in [0.25, 0.3) is 0 Å². The second-order valence-electron chi connectivity index (χ2n) is 8.11. The topological polar surface area (TPSA) is 17.1 Å². The lowest BCUT2D eigenvalue weighted by molar-refractivity contribution is 0.0221. The monoisotopic (exact) mass is 364 g/mol. The summed E-state index contributed by atoms with van der Waals surface area (Å²) in [5.41, 5.74) is 1.30. The Morgan fingerprint density at radius 3 is 2.12 bits per heavy atom. The van der Waals surface area contributed by atoms with Gasteiger partial charge in [0.2, 0.25) is 5.78 Å². The predicted molar refractivity (Wildman–Crippen MR) is 104 cm³/mol. The molecule has 3 heteroatoms. The Morgan fingerprint density at radius 1 is 0.962 bits per heavy atom. The number of hydrogen-bond acceptors (Lipinski definition) is 1. The lowest BCUT2D eigenvalue weighted by Gasteiger charge is -2.29. The molecule has 0 amide bonds. The fourth-order valence-corrected chi connectivity index (χ4v) is 4.16. The highest BCUT2D eigenvalue weighted by atomic mass is 19.3. The Balaban J connectivity index is 1.73. The lowest BCUT2D eigenvalue weighted by atomic mass is 9.77. The standard InChI is InChI=1S/C23H34F2O/c1-3-4-5-6-7-8-9-18-10-12-19(13-11-18)20-14-16-21(17-15-20)22(26)23(2,24)25/h14-19H,3-13H2,1-2H3. The highest BCUT2D eigenvalue weighted by Gasteiger charge is 2.33. The molecule has 26 heavy (non-hydrogen) atoms. The quantitative estimate of drug-likeness (QED) is 0.309. The molecule has 1 fully saturated rings. The van der Waals surface area contributed by atoms with Gasteiger partial charge < -0.3 is 0 Å². The predicted octanol–water partition coefficient (Wildman–Crippen LogP) is 7.55. The molecule has 1 aromatic carbocycles. The van der Waals surface area contributed by atoms with Gasteiger partial charge >= 0.3 is 5.92 Å². The van der Waals surface area contributed by atoms with Gasteiger partial charge in [0.05, 0.1) is 0 Å². The maximum atomic E-state index is 13.1. The van der Waals surface area contributed by atoms with Crippen molar-refractivity contribution in [2.24, 2.45) is 5.92 Å². The third-order valence-electron chi connectivity index (χ3n) is 5.86. The number of unbranched alkanes of at least 4 members (excludes halogenated alkanes) is 5. The zero-order chi connectivity index (χ0) is 19.0. The van der Waals surface area contributed by atoms with Gasteiger partial charge in [-0.2, -0.15) is 8.78 Å². The molecule has 0 atom stereocenters. The number of hydrogen-bond donors (Lipinski definition) is 0. The van der Waals surface area contributed by atoms with Gasteiger partial charge in [-0.15, -0.1) is 0 Å². The van der Waals surface area contributed by atoms with Crippen LogP contribution in [-0.2, 0) is 0 Å². The zero-order valence-corrected chi connectivity index (χ0v) is 16.4. The Morgan fingerprint density at radius 2 is 1.54 bits per heavy atom. The first-order chi connectivity index (χ1) is 12.4. The van der Waals surface area contributed by atoms with E-state index in [-0.39, 0.29) is 5.56 Å². The van der Waals surface area contributed by atoms with E-state index in [2.05, 4.69) is 6.92 Å². The number of Topliss-reactive ketones (excluding diaryl/α,β-unsaturated/α-hetero) is 1. The molecule has 1 nitrogen and oxygen atoms in total. The summed E-state index contributed by atoms with van der Waals surface area (Å²) in [6.45, 7) is 2.91. The van der Waals surface area contributed by atoms with Crippen LogP contribution in [0.5, 0.6) is 0 Å². The van der Waals surface area contributed by atoms with Crippen LogP contribution < -0.4 is 0 Å². The first-order valence-electron chi connectivity index (χ1n) is 10.4. The normalized spacial score (nSPS) is 20.9. The average Bonchev–Trinajstić information content (AvgIpc) is 2.64. The van der Waals surface area contributed by atoms with Crippen LogP contribution in [0.25, 0.3) is 0 Å². The molecule has 0 radical (unpaired) electrons. The molecule has 1 saturated carbocycles. The summed E-state index contributed by atoms with van der Waals surface area (Å²) in [5, 5.41) is 0. The first kappa shape index (κ1) is 21.1. The van der Waals surface area contributed by atoms with Crippen LogP contribution >= 0.6 is 0 Å². The van der Waals surface area contributed by atoms with Crippen molar-refractivity contribution in [3.05, 3.63) is 35.4 Å². The third kappa shape index (κ3) is 6.48. The second-order valence-corrected chi connectivity index (χ2v) is 8.11. The van der Waals surface area contributed by atoms with E-state index in [1.54, 1.807) is 12.1 Å². The van der Waals surface area contributed by atoms with E-state index in [1.165, 1.54) is 76.2 Å². The highest BCUT2D eigenvalue weighted by molar-refractivity contribution is 6.01. The van der Waals surface area contributed by atoms with Crippen LogP contribution in [0.1, 0.15) is 106 Å². The van der Waals surface area contributed by atoms with E-state index in [0.717, 1.165) is 5.92 Å². The van der Waals surface area contributed by atoms with Gasteiger partial charge in [-0.1, -0.05) is 76.1 Å². The lowest BCUT2D eigenvalue weighted by Crippen LogP contribution is -2.24. The molecular weight excluding hydrogens is 330 g/mol. The molecule has 1 aliphatic carbocycles. The average molecular weight is 365 g/mol. The van der Waals surface area contributed by atoms with Crippen molar-refractivity contribution in [3.8, 4) is 0 Å². The van der Waals surface area contributed by atoms with E-state index < -0.39 is 11.7 Å². The van der Waals surface area contributed by atoms with E-state index in [9.17, 15) is 13.6 Å². The van der Waals surface area contributed by atoms with E-state index in [0.29, 0.717) is 12.8 Å². The van der Waals surface area contributed by atoms with Crippen LogP contribution in [-0.4, -0.2) is 11.7 Å². The Labute approximate surface area is 157 Å². The maximum absolute atomic E-state index is 13.1. The summed E-state index contributed by atoms with van der Waals surface area (Å²) in [7, 11) is 0. The molecule has 0 aromatic heterocycles. The molecule has 0 aliphatic heterocycles. The molecule has 0 N–H and O–H groups in total. The van der Waals surface area contributed by atoms with Crippen molar-refractivity contribution in [2.75, 3.05) is 0 Å². The Hall–Kier alpha value is -1.25. The molecule has 146 valence electrons. The van der Waals surface area contributed by atoms with Crippen molar-refractivity contribution in [1.29, 1.82) is 0 Å². The smallest absolute Gasteiger partial charge is 0.287 e. The van der Waals surface area contributed by atoms with Gasteiger partial charge in [-0.3, -0.25) is 4.79 Å². The van der Waals surface area contributed by atoms with Gasteiger partial charge in [0, 0.05) is 12.5 Å². The van der Waals surface area contributed by atoms with E-state index in [4.69, 9.17) is 0 Å². The molecule has 0 saturated heterocycles. The Bertz CT molecular complexity index is 536. The molecule has 0 unspecified atom stereocenters. The van der Waals surface area contributed by atoms with Gasteiger partial charge in [-0.05, 0) is 43.1 Å². The first-order valence-corrected chi connectivity index (χ1v) is 10.4. The Kier molecular flexibility index (Phi) is 8.24. The molecule has 1 aromatic rings.